The Morgan fingerprint density at radius 3 is 2.41 bits per heavy atom. The van der Waals surface area contributed by atoms with E-state index in [1.807, 2.05) is 66.7 Å². The van der Waals surface area contributed by atoms with Gasteiger partial charge < -0.3 is 23.8 Å². The van der Waals surface area contributed by atoms with Crippen molar-refractivity contribution >= 4 is 5.91 Å². The summed E-state index contributed by atoms with van der Waals surface area (Å²) in [5.74, 6) is 2.75. The monoisotopic (exact) mass is 433 g/mol. The molecule has 0 saturated carbocycles. The minimum atomic E-state index is 0.0186. The summed E-state index contributed by atoms with van der Waals surface area (Å²) in [5, 5.41) is 0. The first-order valence-electron chi connectivity index (χ1n) is 10.6. The summed E-state index contributed by atoms with van der Waals surface area (Å²) in [6.07, 6.45) is 0.294. The van der Waals surface area contributed by atoms with E-state index in [4.69, 9.17) is 18.9 Å². The van der Waals surface area contributed by atoms with E-state index in [9.17, 15) is 4.79 Å². The fourth-order valence-electron chi connectivity index (χ4n) is 3.53. The van der Waals surface area contributed by atoms with Crippen molar-refractivity contribution in [3.05, 3.63) is 83.4 Å². The van der Waals surface area contributed by atoms with Gasteiger partial charge in [0.25, 0.3) is 0 Å². The fraction of sp³-hybridized carbons (Fsp3) is 0.269. The van der Waals surface area contributed by atoms with E-state index >= 15 is 0 Å². The average Bonchev–Trinajstić information content (AvgIpc) is 2.83. The second kappa shape index (κ2) is 10.1. The highest BCUT2D eigenvalue weighted by atomic mass is 16.6. The molecule has 0 N–H and O–H groups in total. The molecule has 166 valence electrons. The van der Waals surface area contributed by atoms with Crippen molar-refractivity contribution in [2.24, 2.45) is 0 Å². The molecule has 0 saturated heterocycles. The van der Waals surface area contributed by atoms with Gasteiger partial charge in [0.2, 0.25) is 5.91 Å². The summed E-state index contributed by atoms with van der Waals surface area (Å²) < 4.78 is 22.6. The van der Waals surface area contributed by atoms with Crippen LogP contribution in [0, 0.1) is 0 Å². The Balaban J connectivity index is 1.36. The molecular formula is C26H27NO5. The van der Waals surface area contributed by atoms with Crippen LogP contribution in [0.1, 0.15) is 16.7 Å². The zero-order valence-electron chi connectivity index (χ0n) is 18.4. The lowest BCUT2D eigenvalue weighted by atomic mass is 10.1. The van der Waals surface area contributed by atoms with Crippen LogP contribution in [-0.2, 0) is 24.4 Å². The van der Waals surface area contributed by atoms with Gasteiger partial charge in [-0.25, -0.2) is 0 Å². The number of fused-ring (bicyclic) bond motifs is 1. The number of hydrogen-bond donors (Lipinski definition) is 0. The number of carbonyl (C=O) groups excluding carboxylic acids is 1. The van der Waals surface area contributed by atoms with Crippen LogP contribution in [0.25, 0.3) is 0 Å². The number of methoxy groups -OCH3 is 1. The third-order valence-electron chi connectivity index (χ3n) is 5.27. The van der Waals surface area contributed by atoms with Crippen molar-refractivity contribution in [2.75, 3.05) is 27.4 Å². The SMILES string of the molecule is COc1cc(CN(C)C(=O)Cc2ccc3c(c2)OCCO3)ccc1OCc1ccccc1. The Morgan fingerprint density at radius 1 is 0.875 bits per heavy atom. The van der Waals surface area contributed by atoms with Crippen molar-refractivity contribution in [1.29, 1.82) is 0 Å². The molecule has 0 atom stereocenters. The summed E-state index contributed by atoms with van der Waals surface area (Å²) in [7, 11) is 3.41. The lowest BCUT2D eigenvalue weighted by molar-refractivity contribution is -0.129. The first-order valence-corrected chi connectivity index (χ1v) is 10.6. The molecule has 1 aliphatic heterocycles. The maximum atomic E-state index is 12.8. The summed E-state index contributed by atoms with van der Waals surface area (Å²) in [4.78, 5) is 14.5. The van der Waals surface area contributed by atoms with Gasteiger partial charge in [0, 0.05) is 13.6 Å². The minimum Gasteiger partial charge on any atom is -0.493 e. The zero-order chi connectivity index (χ0) is 22.3. The number of carbonyl (C=O) groups is 1. The molecule has 1 heterocycles. The molecule has 0 fully saturated rings. The molecule has 32 heavy (non-hydrogen) atoms. The minimum absolute atomic E-state index is 0.0186. The first kappa shape index (κ1) is 21.6. The zero-order valence-corrected chi connectivity index (χ0v) is 18.4. The smallest absolute Gasteiger partial charge is 0.227 e. The molecule has 0 unspecified atom stereocenters. The molecule has 0 aromatic heterocycles. The number of ether oxygens (including phenoxy) is 4. The van der Waals surface area contributed by atoms with Crippen molar-refractivity contribution in [3.63, 3.8) is 0 Å². The van der Waals surface area contributed by atoms with Gasteiger partial charge in [-0.1, -0.05) is 42.5 Å². The highest BCUT2D eigenvalue weighted by molar-refractivity contribution is 5.78. The van der Waals surface area contributed by atoms with Crippen molar-refractivity contribution in [1.82, 2.24) is 4.90 Å². The number of amides is 1. The van der Waals surface area contributed by atoms with E-state index in [0.717, 1.165) is 22.4 Å². The van der Waals surface area contributed by atoms with Gasteiger partial charge in [0.1, 0.15) is 19.8 Å². The maximum Gasteiger partial charge on any atom is 0.227 e. The second-order valence-electron chi connectivity index (χ2n) is 7.66. The maximum absolute atomic E-state index is 12.8. The van der Waals surface area contributed by atoms with E-state index in [-0.39, 0.29) is 5.91 Å². The molecule has 1 aliphatic rings. The van der Waals surface area contributed by atoms with E-state index in [1.54, 1.807) is 19.1 Å². The van der Waals surface area contributed by atoms with E-state index in [2.05, 4.69) is 0 Å². The predicted octanol–water partition coefficient (Wildman–Crippen LogP) is 4.25. The number of rotatable bonds is 8. The Labute approximate surface area is 188 Å². The molecule has 4 rings (SSSR count). The van der Waals surface area contributed by atoms with Crippen LogP contribution < -0.4 is 18.9 Å². The van der Waals surface area contributed by atoms with Crippen molar-refractivity contribution in [2.45, 2.75) is 19.6 Å². The molecular weight excluding hydrogens is 406 g/mol. The van der Waals surface area contributed by atoms with Crippen LogP contribution in [0.3, 0.4) is 0 Å². The normalized spacial score (nSPS) is 12.2. The summed E-state index contributed by atoms with van der Waals surface area (Å²) >= 11 is 0. The largest absolute Gasteiger partial charge is 0.493 e. The molecule has 3 aromatic carbocycles. The number of likely N-dealkylation sites (N-methyl/N-ethyl adjacent to an activating group) is 1. The van der Waals surface area contributed by atoms with Gasteiger partial charge in [-0.15, -0.1) is 0 Å². The van der Waals surface area contributed by atoms with Crippen LogP contribution >= 0.6 is 0 Å². The van der Waals surface area contributed by atoms with E-state index in [0.29, 0.717) is 50.0 Å². The van der Waals surface area contributed by atoms with Gasteiger partial charge in [-0.2, -0.15) is 0 Å². The topological polar surface area (TPSA) is 57.2 Å². The third-order valence-corrected chi connectivity index (χ3v) is 5.27. The molecule has 3 aromatic rings. The Hall–Kier alpha value is -3.67. The van der Waals surface area contributed by atoms with Crippen LogP contribution in [0.2, 0.25) is 0 Å². The standard InChI is InChI=1S/C26H27NO5/c1-27(26(28)16-20-8-10-23-25(14-20)31-13-12-30-23)17-21-9-11-22(24(15-21)29-2)32-18-19-6-4-3-5-7-19/h3-11,14-15H,12-13,16-18H2,1-2H3. The molecule has 0 bridgehead atoms. The van der Waals surface area contributed by atoms with Crippen molar-refractivity contribution in [3.8, 4) is 23.0 Å². The van der Waals surface area contributed by atoms with Gasteiger partial charge in [0.15, 0.2) is 23.0 Å². The highest BCUT2D eigenvalue weighted by Gasteiger charge is 2.16. The average molecular weight is 434 g/mol. The molecule has 0 aliphatic carbocycles. The number of nitrogens with zero attached hydrogens (tertiary/aromatic N) is 1. The van der Waals surface area contributed by atoms with Crippen molar-refractivity contribution < 1.29 is 23.7 Å². The number of benzene rings is 3. The first-order chi connectivity index (χ1) is 15.6. The lowest BCUT2D eigenvalue weighted by Gasteiger charge is -2.20. The van der Waals surface area contributed by atoms with Gasteiger partial charge in [-0.05, 0) is 41.0 Å². The van der Waals surface area contributed by atoms with E-state index in [1.165, 1.54) is 0 Å². The Morgan fingerprint density at radius 2 is 1.62 bits per heavy atom. The van der Waals surface area contributed by atoms with Gasteiger partial charge >= 0.3 is 0 Å². The van der Waals surface area contributed by atoms with Gasteiger partial charge in [0.05, 0.1) is 13.5 Å². The molecule has 1 amide bonds. The highest BCUT2D eigenvalue weighted by Crippen LogP contribution is 2.31. The van der Waals surface area contributed by atoms with Crippen LogP contribution in [0.4, 0.5) is 0 Å². The lowest BCUT2D eigenvalue weighted by Crippen LogP contribution is -2.27. The summed E-state index contributed by atoms with van der Waals surface area (Å²) in [6.45, 7) is 2.01. The van der Waals surface area contributed by atoms with Crippen LogP contribution in [0.5, 0.6) is 23.0 Å². The Kier molecular flexibility index (Phi) is 6.80. The van der Waals surface area contributed by atoms with Crippen LogP contribution in [-0.4, -0.2) is 38.2 Å². The molecule has 0 spiro atoms. The number of hydrogen-bond acceptors (Lipinski definition) is 5. The van der Waals surface area contributed by atoms with Crippen LogP contribution in [0.15, 0.2) is 66.7 Å². The predicted molar refractivity (Wildman–Crippen MR) is 121 cm³/mol. The Bertz CT molecular complexity index is 1070. The molecule has 6 nitrogen and oxygen atoms in total. The molecule has 6 heteroatoms. The molecule has 0 radical (unpaired) electrons. The second-order valence-corrected chi connectivity index (χ2v) is 7.66. The van der Waals surface area contributed by atoms with E-state index < -0.39 is 0 Å². The summed E-state index contributed by atoms with van der Waals surface area (Å²) in [6, 6.07) is 21.4. The fourth-order valence-corrected chi connectivity index (χ4v) is 3.53. The quantitative estimate of drug-likeness (QED) is 0.532. The third kappa shape index (κ3) is 5.32. The summed E-state index contributed by atoms with van der Waals surface area (Å²) in [5.41, 5.74) is 2.95. The van der Waals surface area contributed by atoms with Gasteiger partial charge in [-0.3, -0.25) is 4.79 Å².